The monoisotopic (exact) mass is 305 g/mol. The standard InChI is InChI=1S/C17H27N3O2/c1-14(2)12-20-8-9-22-16(13-20)11-19-17(21)6-5-15-4-3-7-18-10-15/h3-4,7,10,14,16H,5-6,8-9,11-13H2,1-2H3,(H,19,21). The third-order valence-corrected chi connectivity index (χ3v) is 3.74. The van der Waals surface area contributed by atoms with Crippen molar-refractivity contribution in [2.75, 3.05) is 32.8 Å². The number of aryl methyl sites for hydroxylation is 1. The molecular formula is C17H27N3O2. The Kier molecular flexibility index (Phi) is 6.80. The van der Waals surface area contributed by atoms with E-state index < -0.39 is 0 Å². The number of morpholine rings is 1. The molecule has 0 spiro atoms. The number of aromatic nitrogens is 1. The van der Waals surface area contributed by atoms with Crippen LogP contribution in [0.2, 0.25) is 0 Å². The van der Waals surface area contributed by atoms with Crippen LogP contribution in [0.3, 0.4) is 0 Å². The summed E-state index contributed by atoms with van der Waals surface area (Å²) in [4.78, 5) is 18.4. The molecule has 0 bridgehead atoms. The highest BCUT2D eigenvalue weighted by atomic mass is 16.5. The zero-order chi connectivity index (χ0) is 15.8. The molecule has 1 N–H and O–H groups in total. The van der Waals surface area contributed by atoms with Crippen molar-refractivity contribution in [3.63, 3.8) is 0 Å². The molecule has 0 saturated carbocycles. The van der Waals surface area contributed by atoms with E-state index in [-0.39, 0.29) is 12.0 Å². The minimum atomic E-state index is 0.0773. The minimum Gasteiger partial charge on any atom is -0.374 e. The van der Waals surface area contributed by atoms with E-state index in [1.54, 1.807) is 12.4 Å². The topological polar surface area (TPSA) is 54.5 Å². The zero-order valence-electron chi connectivity index (χ0n) is 13.6. The van der Waals surface area contributed by atoms with Crippen LogP contribution in [0.4, 0.5) is 0 Å². The predicted molar refractivity (Wildman–Crippen MR) is 86.6 cm³/mol. The van der Waals surface area contributed by atoms with Crippen LogP contribution < -0.4 is 5.32 Å². The van der Waals surface area contributed by atoms with Crippen molar-refractivity contribution in [3.8, 4) is 0 Å². The molecule has 0 aliphatic carbocycles. The van der Waals surface area contributed by atoms with Gasteiger partial charge in [0.15, 0.2) is 0 Å². The van der Waals surface area contributed by atoms with E-state index in [9.17, 15) is 4.79 Å². The van der Waals surface area contributed by atoms with Crippen molar-refractivity contribution in [2.45, 2.75) is 32.8 Å². The number of ether oxygens (including phenoxy) is 1. The number of hydrogen-bond donors (Lipinski definition) is 1. The number of carbonyl (C=O) groups excluding carboxylic acids is 1. The lowest BCUT2D eigenvalue weighted by Gasteiger charge is -2.33. The summed E-state index contributed by atoms with van der Waals surface area (Å²) in [5.74, 6) is 0.737. The second kappa shape index (κ2) is 8.86. The molecular weight excluding hydrogens is 278 g/mol. The summed E-state index contributed by atoms with van der Waals surface area (Å²) in [7, 11) is 0. The van der Waals surface area contributed by atoms with Gasteiger partial charge in [-0.2, -0.15) is 0 Å². The van der Waals surface area contributed by atoms with E-state index in [1.165, 1.54) is 0 Å². The molecule has 1 saturated heterocycles. The van der Waals surface area contributed by atoms with Gasteiger partial charge in [0.1, 0.15) is 0 Å². The Morgan fingerprint density at radius 1 is 1.55 bits per heavy atom. The molecule has 1 aliphatic rings. The molecule has 122 valence electrons. The number of amides is 1. The van der Waals surface area contributed by atoms with Crippen LogP contribution in [0.5, 0.6) is 0 Å². The normalized spacial score (nSPS) is 19.3. The molecule has 1 amide bonds. The summed E-state index contributed by atoms with van der Waals surface area (Å²) < 4.78 is 5.74. The summed E-state index contributed by atoms with van der Waals surface area (Å²) in [6.07, 6.45) is 4.88. The van der Waals surface area contributed by atoms with Crippen LogP contribution >= 0.6 is 0 Å². The van der Waals surface area contributed by atoms with E-state index in [4.69, 9.17) is 4.74 Å². The van der Waals surface area contributed by atoms with Crippen molar-refractivity contribution >= 4 is 5.91 Å². The predicted octanol–water partition coefficient (Wildman–Crippen LogP) is 1.49. The number of carbonyl (C=O) groups is 1. The Balaban J connectivity index is 1.65. The fourth-order valence-corrected chi connectivity index (χ4v) is 2.71. The lowest BCUT2D eigenvalue weighted by atomic mass is 10.1. The maximum absolute atomic E-state index is 11.9. The fourth-order valence-electron chi connectivity index (χ4n) is 2.71. The van der Waals surface area contributed by atoms with Gasteiger partial charge in [0.2, 0.25) is 5.91 Å². The Bertz CT molecular complexity index is 450. The fraction of sp³-hybridized carbons (Fsp3) is 0.647. The molecule has 5 nitrogen and oxygen atoms in total. The average Bonchev–Trinajstić information content (AvgIpc) is 2.52. The Hall–Kier alpha value is -1.46. The van der Waals surface area contributed by atoms with Crippen molar-refractivity contribution in [1.29, 1.82) is 0 Å². The molecule has 2 heterocycles. The van der Waals surface area contributed by atoms with Gasteiger partial charge in [0, 0.05) is 45.0 Å². The van der Waals surface area contributed by atoms with Gasteiger partial charge < -0.3 is 10.1 Å². The zero-order valence-corrected chi connectivity index (χ0v) is 13.6. The first kappa shape index (κ1) is 16.9. The number of pyridine rings is 1. The molecule has 1 unspecified atom stereocenters. The van der Waals surface area contributed by atoms with E-state index in [1.807, 2.05) is 12.1 Å². The average molecular weight is 305 g/mol. The highest BCUT2D eigenvalue weighted by Gasteiger charge is 2.21. The van der Waals surface area contributed by atoms with Crippen LogP contribution in [0, 0.1) is 5.92 Å². The second-order valence-electron chi connectivity index (χ2n) is 6.31. The molecule has 22 heavy (non-hydrogen) atoms. The Morgan fingerprint density at radius 3 is 3.14 bits per heavy atom. The highest BCUT2D eigenvalue weighted by Crippen LogP contribution is 2.07. The van der Waals surface area contributed by atoms with Crippen molar-refractivity contribution in [3.05, 3.63) is 30.1 Å². The smallest absolute Gasteiger partial charge is 0.220 e. The van der Waals surface area contributed by atoms with Crippen LogP contribution in [0.25, 0.3) is 0 Å². The number of rotatable bonds is 7. The molecule has 5 heteroatoms. The van der Waals surface area contributed by atoms with Gasteiger partial charge >= 0.3 is 0 Å². The van der Waals surface area contributed by atoms with Gasteiger partial charge in [0.05, 0.1) is 12.7 Å². The van der Waals surface area contributed by atoms with E-state index in [2.05, 4.69) is 29.0 Å². The molecule has 0 aromatic carbocycles. The van der Waals surface area contributed by atoms with Crippen LogP contribution in [0.15, 0.2) is 24.5 Å². The van der Waals surface area contributed by atoms with Crippen molar-refractivity contribution < 1.29 is 9.53 Å². The van der Waals surface area contributed by atoms with Gasteiger partial charge in [0.25, 0.3) is 0 Å². The molecule has 1 aliphatic heterocycles. The molecule has 1 aromatic rings. The molecule has 0 radical (unpaired) electrons. The van der Waals surface area contributed by atoms with E-state index in [0.29, 0.717) is 18.9 Å². The van der Waals surface area contributed by atoms with Gasteiger partial charge in [-0.25, -0.2) is 0 Å². The summed E-state index contributed by atoms with van der Waals surface area (Å²) >= 11 is 0. The summed E-state index contributed by atoms with van der Waals surface area (Å²) in [5, 5.41) is 2.99. The maximum atomic E-state index is 11.9. The number of hydrogen-bond acceptors (Lipinski definition) is 4. The first-order chi connectivity index (χ1) is 10.6. The molecule has 1 aromatic heterocycles. The Labute approximate surface area is 133 Å². The third kappa shape index (κ3) is 6.12. The first-order valence-corrected chi connectivity index (χ1v) is 8.13. The van der Waals surface area contributed by atoms with Gasteiger partial charge in [-0.15, -0.1) is 0 Å². The second-order valence-corrected chi connectivity index (χ2v) is 6.31. The molecule has 1 fully saturated rings. The van der Waals surface area contributed by atoms with Crippen LogP contribution in [-0.4, -0.2) is 54.7 Å². The summed E-state index contributed by atoms with van der Waals surface area (Å²) in [5.41, 5.74) is 1.09. The summed E-state index contributed by atoms with van der Waals surface area (Å²) in [6, 6.07) is 3.89. The van der Waals surface area contributed by atoms with Gasteiger partial charge in [-0.3, -0.25) is 14.7 Å². The van der Waals surface area contributed by atoms with E-state index in [0.717, 1.165) is 38.2 Å². The highest BCUT2D eigenvalue weighted by molar-refractivity contribution is 5.76. The molecule has 1 atom stereocenters. The minimum absolute atomic E-state index is 0.0773. The third-order valence-electron chi connectivity index (χ3n) is 3.74. The lowest BCUT2D eigenvalue weighted by molar-refractivity contribution is -0.122. The quantitative estimate of drug-likeness (QED) is 0.829. The first-order valence-electron chi connectivity index (χ1n) is 8.13. The van der Waals surface area contributed by atoms with E-state index >= 15 is 0 Å². The van der Waals surface area contributed by atoms with Crippen molar-refractivity contribution in [2.24, 2.45) is 5.92 Å². The number of nitrogens with one attached hydrogen (secondary N) is 1. The Morgan fingerprint density at radius 2 is 2.41 bits per heavy atom. The largest absolute Gasteiger partial charge is 0.374 e. The van der Waals surface area contributed by atoms with Crippen LogP contribution in [0.1, 0.15) is 25.8 Å². The lowest BCUT2D eigenvalue weighted by Crippen LogP contribution is -2.48. The van der Waals surface area contributed by atoms with Gasteiger partial charge in [-0.1, -0.05) is 19.9 Å². The molecule has 2 rings (SSSR count). The summed E-state index contributed by atoms with van der Waals surface area (Å²) in [6.45, 7) is 8.79. The maximum Gasteiger partial charge on any atom is 0.220 e. The van der Waals surface area contributed by atoms with Crippen molar-refractivity contribution in [1.82, 2.24) is 15.2 Å². The SMILES string of the molecule is CC(C)CN1CCOC(CNC(=O)CCc2cccnc2)C1. The van der Waals surface area contributed by atoms with Crippen LogP contribution in [-0.2, 0) is 16.0 Å². The number of nitrogens with zero attached hydrogens (tertiary/aromatic N) is 2. The van der Waals surface area contributed by atoms with Gasteiger partial charge in [-0.05, 0) is 24.0 Å².